The molecule has 0 aliphatic rings. The second-order valence-corrected chi connectivity index (χ2v) is 5.83. The zero-order valence-electron chi connectivity index (χ0n) is 13.5. The van der Waals surface area contributed by atoms with E-state index in [9.17, 15) is 18.0 Å². The van der Waals surface area contributed by atoms with E-state index in [1.54, 1.807) is 18.2 Å². The van der Waals surface area contributed by atoms with Gasteiger partial charge in [0.2, 0.25) is 0 Å². The molecule has 4 nitrogen and oxygen atoms in total. The third kappa shape index (κ3) is 5.29. The maximum Gasteiger partial charge on any atom is 0.416 e. The summed E-state index contributed by atoms with van der Waals surface area (Å²) in [5, 5.41) is 3.09. The molecular weight excluding hydrogens is 357 g/mol. The van der Waals surface area contributed by atoms with Crippen molar-refractivity contribution in [3.05, 3.63) is 53.1 Å². The predicted octanol–water partition coefficient (Wildman–Crippen LogP) is 4.44. The largest absolute Gasteiger partial charge is 0.484 e. The molecule has 0 aromatic heterocycles. The topological polar surface area (TPSA) is 41.6 Å². The first-order valence-corrected chi connectivity index (χ1v) is 7.61. The molecule has 0 unspecified atom stereocenters. The number of hydrogen-bond acceptors (Lipinski definition) is 3. The van der Waals surface area contributed by atoms with Crippen LogP contribution in [0.15, 0.2) is 42.5 Å². The zero-order valence-corrected chi connectivity index (χ0v) is 14.3. The molecule has 0 aliphatic carbocycles. The first-order valence-electron chi connectivity index (χ1n) is 7.23. The van der Waals surface area contributed by atoms with Gasteiger partial charge in [0, 0.05) is 19.8 Å². The first-order chi connectivity index (χ1) is 11.7. The van der Waals surface area contributed by atoms with Crippen molar-refractivity contribution in [2.45, 2.75) is 6.18 Å². The maximum atomic E-state index is 12.5. The van der Waals surface area contributed by atoms with Gasteiger partial charge in [0.25, 0.3) is 5.91 Å². The predicted molar refractivity (Wildman–Crippen MR) is 91.3 cm³/mol. The van der Waals surface area contributed by atoms with Crippen molar-refractivity contribution in [2.75, 3.05) is 30.9 Å². The van der Waals surface area contributed by atoms with Gasteiger partial charge in [0.15, 0.2) is 6.61 Å². The molecule has 25 heavy (non-hydrogen) atoms. The van der Waals surface area contributed by atoms with E-state index >= 15 is 0 Å². The van der Waals surface area contributed by atoms with Gasteiger partial charge >= 0.3 is 6.18 Å². The Labute approximate surface area is 148 Å². The Morgan fingerprint density at radius 3 is 2.32 bits per heavy atom. The van der Waals surface area contributed by atoms with E-state index in [1.807, 2.05) is 19.0 Å². The van der Waals surface area contributed by atoms with E-state index in [0.29, 0.717) is 10.7 Å². The highest BCUT2D eigenvalue weighted by atomic mass is 35.5. The van der Waals surface area contributed by atoms with E-state index < -0.39 is 17.6 Å². The summed E-state index contributed by atoms with van der Waals surface area (Å²) in [6, 6.07) is 9.18. The van der Waals surface area contributed by atoms with Crippen molar-refractivity contribution in [1.82, 2.24) is 0 Å². The van der Waals surface area contributed by atoms with Gasteiger partial charge in [-0.3, -0.25) is 4.79 Å². The van der Waals surface area contributed by atoms with Crippen LogP contribution >= 0.6 is 11.6 Å². The third-order valence-corrected chi connectivity index (χ3v) is 3.57. The molecule has 1 N–H and O–H groups in total. The van der Waals surface area contributed by atoms with Gasteiger partial charge in [-0.1, -0.05) is 11.6 Å². The van der Waals surface area contributed by atoms with Gasteiger partial charge in [-0.25, -0.2) is 0 Å². The lowest BCUT2D eigenvalue weighted by atomic mass is 10.2. The van der Waals surface area contributed by atoms with Crippen LogP contribution < -0.4 is 15.0 Å². The molecule has 0 saturated heterocycles. The number of hydrogen-bond donors (Lipinski definition) is 1. The molecule has 0 spiro atoms. The van der Waals surface area contributed by atoms with Crippen LogP contribution in [0.25, 0.3) is 0 Å². The van der Waals surface area contributed by atoms with Crippen LogP contribution in [0.2, 0.25) is 5.02 Å². The molecule has 0 heterocycles. The van der Waals surface area contributed by atoms with Crippen molar-refractivity contribution < 1.29 is 22.7 Å². The number of carbonyl (C=O) groups is 1. The molecule has 2 aromatic rings. The Morgan fingerprint density at radius 1 is 1.16 bits per heavy atom. The number of amides is 1. The summed E-state index contributed by atoms with van der Waals surface area (Å²) in [5.74, 6) is -0.280. The molecule has 0 saturated carbocycles. The number of alkyl halides is 3. The van der Waals surface area contributed by atoms with Crippen molar-refractivity contribution in [1.29, 1.82) is 0 Å². The summed E-state index contributed by atoms with van der Waals surface area (Å²) in [6.07, 6.45) is -4.41. The number of anilines is 2. The minimum absolute atomic E-state index is 0.170. The van der Waals surface area contributed by atoms with Crippen LogP contribution in [-0.4, -0.2) is 26.6 Å². The van der Waals surface area contributed by atoms with E-state index in [-0.39, 0.29) is 12.4 Å². The number of carbonyl (C=O) groups excluding carboxylic acids is 1. The van der Waals surface area contributed by atoms with Gasteiger partial charge in [-0.15, -0.1) is 0 Å². The third-order valence-electron chi connectivity index (χ3n) is 3.26. The molecule has 2 rings (SSSR count). The van der Waals surface area contributed by atoms with Crippen molar-refractivity contribution in [3.63, 3.8) is 0 Å². The van der Waals surface area contributed by atoms with Crippen LogP contribution in [0.3, 0.4) is 0 Å². The Hall–Kier alpha value is -2.41. The van der Waals surface area contributed by atoms with E-state index in [2.05, 4.69) is 5.32 Å². The summed E-state index contributed by atoms with van der Waals surface area (Å²) in [4.78, 5) is 13.7. The number of ether oxygens (including phenoxy) is 1. The molecule has 134 valence electrons. The maximum absolute atomic E-state index is 12.5. The van der Waals surface area contributed by atoms with Gasteiger partial charge in [0.1, 0.15) is 5.75 Å². The fourth-order valence-electron chi connectivity index (χ4n) is 2.03. The smallest absolute Gasteiger partial charge is 0.416 e. The highest BCUT2D eigenvalue weighted by Crippen LogP contribution is 2.30. The van der Waals surface area contributed by atoms with Gasteiger partial charge in [-0.2, -0.15) is 13.2 Å². The summed E-state index contributed by atoms with van der Waals surface area (Å²) in [7, 11) is 3.69. The van der Waals surface area contributed by atoms with Crippen molar-refractivity contribution in [3.8, 4) is 5.75 Å². The second-order valence-electron chi connectivity index (χ2n) is 5.42. The molecule has 8 heteroatoms. The lowest BCUT2D eigenvalue weighted by molar-refractivity contribution is -0.137. The molecule has 0 radical (unpaired) electrons. The monoisotopic (exact) mass is 372 g/mol. The van der Waals surface area contributed by atoms with Gasteiger partial charge in [-0.05, 0) is 42.5 Å². The van der Waals surface area contributed by atoms with Gasteiger partial charge < -0.3 is 15.0 Å². The lowest BCUT2D eigenvalue weighted by Crippen LogP contribution is -2.20. The summed E-state index contributed by atoms with van der Waals surface area (Å²) >= 11 is 6.12. The standard InChI is InChI=1S/C17H16ClF3N2O2/c1-23(2)15-8-5-12(9-14(15)18)22-16(24)10-25-13-6-3-11(4-7-13)17(19,20)21/h3-9H,10H2,1-2H3,(H,22,24). The molecule has 0 atom stereocenters. The normalized spacial score (nSPS) is 11.1. The average Bonchev–Trinajstić information content (AvgIpc) is 2.52. The number of halogens is 4. The summed E-state index contributed by atoms with van der Waals surface area (Å²) in [6.45, 7) is -0.335. The van der Waals surface area contributed by atoms with E-state index in [1.165, 1.54) is 12.1 Å². The van der Waals surface area contributed by atoms with Crippen LogP contribution in [0.5, 0.6) is 5.75 Å². The fourth-order valence-corrected chi connectivity index (χ4v) is 2.38. The molecule has 0 fully saturated rings. The van der Waals surface area contributed by atoms with Crippen molar-refractivity contribution >= 4 is 28.9 Å². The van der Waals surface area contributed by atoms with Crippen LogP contribution in [0.1, 0.15) is 5.56 Å². The zero-order chi connectivity index (χ0) is 18.6. The molecule has 0 bridgehead atoms. The van der Waals surface area contributed by atoms with E-state index in [4.69, 9.17) is 16.3 Å². The Morgan fingerprint density at radius 2 is 1.80 bits per heavy atom. The number of nitrogens with zero attached hydrogens (tertiary/aromatic N) is 1. The Kier molecular flexibility index (Phi) is 5.79. The average molecular weight is 373 g/mol. The fraction of sp³-hybridized carbons (Fsp3) is 0.235. The molecular formula is C17H16ClF3N2O2. The highest BCUT2D eigenvalue weighted by Gasteiger charge is 2.30. The number of nitrogens with one attached hydrogen (secondary N) is 1. The number of benzene rings is 2. The van der Waals surface area contributed by atoms with Gasteiger partial charge in [0.05, 0.1) is 16.3 Å². The van der Waals surface area contributed by atoms with Crippen molar-refractivity contribution in [2.24, 2.45) is 0 Å². The quantitative estimate of drug-likeness (QED) is 0.843. The lowest BCUT2D eigenvalue weighted by Gasteiger charge is -2.15. The summed E-state index contributed by atoms with van der Waals surface area (Å²) < 4.78 is 42.6. The summed E-state index contributed by atoms with van der Waals surface area (Å²) in [5.41, 5.74) is 0.525. The highest BCUT2D eigenvalue weighted by molar-refractivity contribution is 6.33. The minimum Gasteiger partial charge on any atom is -0.484 e. The second kappa shape index (κ2) is 7.65. The Balaban J connectivity index is 1.91. The molecule has 1 amide bonds. The van der Waals surface area contributed by atoms with Crippen LogP contribution in [-0.2, 0) is 11.0 Å². The molecule has 0 aliphatic heterocycles. The first kappa shape index (κ1) is 18.9. The van der Waals surface area contributed by atoms with Crippen LogP contribution in [0, 0.1) is 0 Å². The molecule has 2 aromatic carbocycles. The SMILES string of the molecule is CN(C)c1ccc(NC(=O)COc2ccc(C(F)(F)F)cc2)cc1Cl. The van der Waals surface area contributed by atoms with E-state index in [0.717, 1.165) is 17.8 Å². The minimum atomic E-state index is -4.41. The number of rotatable bonds is 5. The Bertz CT molecular complexity index is 747. The van der Waals surface area contributed by atoms with Crippen LogP contribution in [0.4, 0.5) is 24.5 Å².